The summed E-state index contributed by atoms with van der Waals surface area (Å²) in [4.78, 5) is 0. The number of rotatable bonds is 4. The van der Waals surface area contributed by atoms with Crippen molar-refractivity contribution in [3.63, 3.8) is 0 Å². The number of hydrogen-bond donors (Lipinski definition) is 1. The van der Waals surface area contributed by atoms with Gasteiger partial charge in [-0.3, -0.25) is 0 Å². The van der Waals surface area contributed by atoms with Gasteiger partial charge in [-0.15, -0.1) is 0 Å². The summed E-state index contributed by atoms with van der Waals surface area (Å²) in [6.45, 7) is 0. The summed E-state index contributed by atoms with van der Waals surface area (Å²) in [5.74, 6) is 1.40. The molecule has 2 aromatic rings. The van der Waals surface area contributed by atoms with Crippen LogP contribution in [0.2, 0.25) is 0 Å². The summed E-state index contributed by atoms with van der Waals surface area (Å²) in [6, 6.07) is 15.9. The van der Waals surface area contributed by atoms with Gasteiger partial charge in [-0.25, -0.2) is 0 Å². The highest BCUT2D eigenvalue weighted by molar-refractivity contribution is 5.40. The Morgan fingerprint density at radius 3 is 2.60 bits per heavy atom. The zero-order chi connectivity index (χ0) is 13.9. The standard InChI is InChI=1S/C18H20O2/c1-20-15-9-5-8-14(12-15)18(19)17-11-3-2-10-16(17)13-6-4-7-13/h2-3,5,8-13,18-19H,4,6-7H2,1H3. The third-order valence-corrected chi connectivity index (χ3v) is 4.25. The molecule has 1 fully saturated rings. The fourth-order valence-corrected chi connectivity index (χ4v) is 2.84. The molecule has 2 aromatic carbocycles. The Bertz CT molecular complexity index is 587. The second kappa shape index (κ2) is 5.68. The van der Waals surface area contributed by atoms with Crippen LogP contribution in [0.25, 0.3) is 0 Å². The Morgan fingerprint density at radius 1 is 1.10 bits per heavy atom. The molecule has 3 rings (SSSR count). The van der Waals surface area contributed by atoms with Crippen LogP contribution in [0.1, 0.15) is 48.0 Å². The van der Waals surface area contributed by atoms with E-state index < -0.39 is 6.10 Å². The molecular weight excluding hydrogens is 248 g/mol. The SMILES string of the molecule is COc1cccc(C(O)c2ccccc2C2CCC2)c1. The quantitative estimate of drug-likeness (QED) is 0.906. The average molecular weight is 268 g/mol. The zero-order valence-electron chi connectivity index (χ0n) is 11.8. The van der Waals surface area contributed by atoms with E-state index in [-0.39, 0.29) is 0 Å². The Balaban J connectivity index is 1.95. The van der Waals surface area contributed by atoms with Crippen molar-refractivity contribution in [3.05, 3.63) is 65.2 Å². The Kier molecular flexibility index (Phi) is 3.75. The summed E-state index contributed by atoms with van der Waals surface area (Å²) in [5.41, 5.74) is 3.22. The summed E-state index contributed by atoms with van der Waals surface area (Å²) in [7, 11) is 1.65. The van der Waals surface area contributed by atoms with Gasteiger partial charge >= 0.3 is 0 Å². The van der Waals surface area contributed by atoms with Crippen molar-refractivity contribution in [2.45, 2.75) is 31.3 Å². The molecular formula is C18H20O2. The molecule has 0 aromatic heterocycles. The molecule has 0 bridgehead atoms. The van der Waals surface area contributed by atoms with Crippen LogP contribution >= 0.6 is 0 Å². The van der Waals surface area contributed by atoms with E-state index in [1.54, 1.807) is 7.11 Å². The van der Waals surface area contributed by atoms with Crippen molar-refractivity contribution in [3.8, 4) is 5.75 Å². The molecule has 0 radical (unpaired) electrons. The lowest BCUT2D eigenvalue weighted by Crippen LogP contribution is -2.13. The minimum absolute atomic E-state index is 0.582. The van der Waals surface area contributed by atoms with Gasteiger partial charge in [0.1, 0.15) is 11.9 Å². The third-order valence-electron chi connectivity index (χ3n) is 4.25. The first-order valence-electron chi connectivity index (χ1n) is 7.20. The Hall–Kier alpha value is -1.80. The molecule has 0 aliphatic heterocycles. The van der Waals surface area contributed by atoms with Crippen LogP contribution in [0.3, 0.4) is 0 Å². The van der Waals surface area contributed by atoms with Gasteiger partial charge < -0.3 is 9.84 Å². The predicted octanol–water partition coefficient (Wildman–Crippen LogP) is 4.04. The Labute approximate surface area is 120 Å². The van der Waals surface area contributed by atoms with Crippen molar-refractivity contribution in [2.24, 2.45) is 0 Å². The van der Waals surface area contributed by atoms with Crippen LogP contribution < -0.4 is 4.74 Å². The first kappa shape index (κ1) is 13.2. The summed E-state index contributed by atoms with van der Waals surface area (Å²) in [5, 5.41) is 10.7. The second-order valence-corrected chi connectivity index (χ2v) is 5.44. The highest BCUT2D eigenvalue weighted by Gasteiger charge is 2.24. The topological polar surface area (TPSA) is 29.5 Å². The molecule has 1 aliphatic rings. The molecule has 1 N–H and O–H groups in total. The molecule has 0 spiro atoms. The van der Waals surface area contributed by atoms with Crippen molar-refractivity contribution in [2.75, 3.05) is 7.11 Å². The van der Waals surface area contributed by atoms with Gasteiger partial charge in [-0.05, 0) is 47.6 Å². The summed E-state index contributed by atoms with van der Waals surface area (Å²) >= 11 is 0. The largest absolute Gasteiger partial charge is 0.497 e. The molecule has 1 saturated carbocycles. The van der Waals surface area contributed by atoms with E-state index in [9.17, 15) is 5.11 Å². The van der Waals surface area contributed by atoms with E-state index in [0.717, 1.165) is 16.9 Å². The first-order chi connectivity index (χ1) is 9.79. The van der Waals surface area contributed by atoms with Crippen LogP contribution in [0, 0.1) is 0 Å². The first-order valence-corrected chi connectivity index (χ1v) is 7.20. The molecule has 20 heavy (non-hydrogen) atoms. The third kappa shape index (κ3) is 2.44. The second-order valence-electron chi connectivity index (χ2n) is 5.44. The fourth-order valence-electron chi connectivity index (χ4n) is 2.84. The molecule has 1 aliphatic carbocycles. The molecule has 0 amide bonds. The lowest BCUT2D eigenvalue weighted by atomic mass is 9.77. The Morgan fingerprint density at radius 2 is 1.90 bits per heavy atom. The molecule has 2 nitrogen and oxygen atoms in total. The van der Waals surface area contributed by atoms with Crippen LogP contribution in [0.5, 0.6) is 5.75 Å². The monoisotopic (exact) mass is 268 g/mol. The van der Waals surface area contributed by atoms with Crippen molar-refractivity contribution in [1.82, 2.24) is 0 Å². The minimum Gasteiger partial charge on any atom is -0.497 e. The van der Waals surface area contributed by atoms with Crippen LogP contribution in [0.4, 0.5) is 0 Å². The van der Waals surface area contributed by atoms with Gasteiger partial charge in [-0.2, -0.15) is 0 Å². The van der Waals surface area contributed by atoms with Gasteiger partial charge in [0.2, 0.25) is 0 Å². The highest BCUT2D eigenvalue weighted by atomic mass is 16.5. The van der Waals surface area contributed by atoms with Crippen molar-refractivity contribution < 1.29 is 9.84 Å². The van der Waals surface area contributed by atoms with E-state index in [2.05, 4.69) is 12.1 Å². The normalized spacial score (nSPS) is 16.5. The molecule has 0 heterocycles. The van der Waals surface area contributed by atoms with E-state index in [1.165, 1.54) is 24.8 Å². The van der Waals surface area contributed by atoms with E-state index in [4.69, 9.17) is 4.74 Å². The van der Waals surface area contributed by atoms with Crippen molar-refractivity contribution >= 4 is 0 Å². The van der Waals surface area contributed by atoms with Gasteiger partial charge in [0.05, 0.1) is 7.11 Å². The average Bonchev–Trinajstić information content (AvgIpc) is 2.45. The lowest BCUT2D eigenvalue weighted by molar-refractivity contribution is 0.216. The summed E-state index contributed by atoms with van der Waals surface area (Å²) in [6.07, 6.45) is 3.19. The number of aliphatic hydroxyl groups excluding tert-OH is 1. The molecule has 1 unspecified atom stereocenters. The molecule has 104 valence electrons. The molecule has 2 heteroatoms. The number of ether oxygens (including phenoxy) is 1. The maximum absolute atomic E-state index is 10.7. The maximum atomic E-state index is 10.7. The molecule has 0 saturated heterocycles. The number of hydrogen-bond acceptors (Lipinski definition) is 2. The lowest BCUT2D eigenvalue weighted by Gasteiger charge is -2.29. The van der Waals surface area contributed by atoms with Crippen molar-refractivity contribution in [1.29, 1.82) is 0 Å². The van der Waals surface area contributed by atoms with Gasteiger partial charge in [0.25, 0.3) is 0 Å². The number of methoxy groups -OCH3 is 1. The van der Waals surface area contributed by atoms with E-state index in [0.29, 0.717) is 5.92 Å². The van der Waals surface area contributed by atoms with Gasteiger partial charge in [-0.1, -0.05) is 42.8 Å². The van der Waals surface area contributed by atoms with E-state index in [1.807, 2.05) is 36.4 Å². The predicted molar refractivity (Wildman–Crippen MR) is 80.1 cm³/mol. The van der Waals surface area contributed by atoms with Gasteiger partial charge in [0, 0.05) is 0 Å². The maximum Gasteiger partial charge on any atom is 0.119 e. The number of aliphatic hydroxyl groups is 1. The van der Waals surface area contributed by atoms with Crippen LogP contribution in [-0.4, -0.2) is 12.2 Å². The number of benzene rings is 2. The smallest absolute Gasteiger partial charge is 0.119 e. The van der Waals surface area contributed by atoms with Crippen LogP contribution in [0.15, 0.2) is 48.5 Å². The highest BCUT2D eigenvalue weighted by Crippen LogP contribution is 2.40. The minimum atomic E-state index is -0.582. The molecule has 1 atom stereocenters. The van der Waals surface area contributed by atoms with E-state index >= 15 is 0 Å². The van der Waals surface area contributed by atoms with Crippen LogP contribution in [-0.2, 0) is 0 Å². The summed E-state index contributed by atoms with van der Waals surface area (Å²) < 4.78 is 5.24. The fraction of sp³-hybridized carbons (Fsp3) is 0.333. The van der Waals surface area contributed by atoms with Gasteiger partial charge in [0.15, 0.2) is 0 Å². The zero-order valence-corrected chi connectivity index (χ0v) is 11.8.